The van der Waals surface area contributed by atoms with Crippen molar-refractivity contribution in [2.24, 2.45) is 5.73 Å². The van der Waals surface area contributed by atoms with E-state index in [0.717, 1.165) is 11.8 Å². The van der Waals surface area contributed by atoms with Gasteiger partial charge in [0.2, 0.25) is 5.91 Å². The van der Waals surface area contributed by atoms with Crippen LogP contribution in [0.1, 0.15) is 23.7 Å². The Morgan fingerprint density at radius 2 is 2.00 bits per heavy atom. The van der Waals surface area contributed by atoms with Gasteiger partial charge in [0.05, 0.1) is 5.56 Å². The quantitative estimate of drug-likeness (QED) is 0.398. The zero-order valence-corrected chi connectivity index (χ0v) is 13.7. The average molecular weight is 344 g/mol. The van der Waals surface area contributed by atoms with E-state index in [1.165, 1.54) is 6.92 Å². The molecular formula is C14H18ClN3O3S. The van der Waals surface area contributed by atoms with Crippen molar-refractivity contribution in [2.75, 3.05) is 12.4 Å². The van der Waals surface area contributed by atoms with Gasteiger partial charge in [0.25, 0.3) is 11.1 Å². The van der Waals surface area contributed by atoms with Gasteiger partial charge >= 0.3 is 0 Å². The number of benzene rings is 1. The van der Waals surface area contributed by atoms with Crippen molar-refractivity contribution in [2.45, 2.75) is 24.3 Å². The number of amides is 3. The number of rotatable bonds is 7. The molecule has 0 saturated heterocycles. The second-order valence-electron chi connectivity index (χ2n) is 4.45. The van der Waals surface area contributed by atoms with Gasteiger partial charge in [-0.3, -0.25) is 14.4 Å². The topological polar surface area (TPSA) is 101 Å². The first-order chi connectivity index (χ1) is 10.5. The number of hydrogen-bond donors (Lipinski definition) is 3. The fourth-order valence-electron chi connectivity index (χ4n) is 1.48. The predicted octanol–water partition coefficient (Wildman–Crippen LogP) is 1.72. The molecule has 0 spiro atoms. The summed E-state index contributed by atoms with van der Waals surface area (Å²) in [5.41, 5.74) is 5.43. The van der Waals surface area contributed by atoms with Gasteiger partial charge in [-0.1, -0.05) is 12.1 Å². The number of nitrogens with one attached hydrogen (secondary N) is 2. The van der Waals surface area contributed by atoms with Crippen molar-refractivity contribution in [3.63, 3.8) is 0 Å². The van der Waals surface area contributed by atoms with Crippen LogP contribution in [0.25, 0.3) is 0 Å². The third-order valence-corrected chi connectivity index (χ3v) is 3.86. The molecule has 4 N–H and O–H groups in total. The second kappa shape index (κ2) is 9.32. The van der Waals surface area contributed by atoms with E-state index in [0.29, 0.717) is 29.3 Å². The van der Waals surface area contributed by atoms with Crippen molar-refractivity contribution in [1.82, 2.24) is 10.6 Å². The Kier molecular flexibility index (Phi) is 7.76. The van der Waals surface area contributed by atoms with Gasteiger partial charge in [0, 0.05) is 17.3 Å². The minimum Gasteiger partial charge on any atom is -0.368 e. The molecule has 1 aromatic rings. The van der Waals surface area contributed by atoms with Gasteiger partial charge in [-0.15, -0.1) is 11.6 Å². The van der Waals surface area contributed by atoms with Crippen molar-refractivity contribution in [3.8, 4) is 0 Å². The molecule has 0 heterocycles. The highest BCUT2D eigenvalue weighted by Crippen LogP contribution is 2.23. The zero-order chi connectivity index (χ0) is 16.5. The molecule has 120 valence electrons. The Labute approximate surface area is 138 Å². The lowest BCUT2D eigenvalue weighted by Crippen LogP contribution is -2.42. The second-order valence-corrected chi connectivity index (χ2v) is 5.85. The van der Waals surface area contributed by atoms with E-state index in [4.69, 9.17) is 17.3 Å². The van der Waals surface area contributed by atoms with Gasteiger partial charge in [-0.25, -0.2) is 0 Å². The normalized spacial score (nSPS) is 11.5. The molecule has 8 heteroatoms. The molecule has 0 radical (unpaired) electrons. The molecule has 3 amide bonds. The van der Waals surface area contributed by atoms with Crippen LogP contribution in [0.2, 0.25) is 0 Å². The van der Waals surface area contributed by atoms with Crippen LogP contribution in [0, 0.1) is 0 Å². The number of alkyl halides is 1. The smallest absolute Gasteiger partial charge is 0.283 e. The highest BCUT2D eigenvalue weighted by Gasteiger charge is 2.18. The largest absolute Gasteiger partial charge is 0.368 e. The highest BCUT2D eigenvalue weighted by atomic mass is 35.5. The summed E-state index contributed by atoms with van der Waals surface area (Å²) in [6, 6.07) is 5.86. The molecule has 0 saturated carbocycles. The Morgan fingerprint density at radius 1 is 1.32 bits per heavy atom. The molecule has 0 aliphatic heterocycles. The summed E-state index contributed by atoms with van der Waals surface area (Å²) in [7, 11) is 0. The molecule has 6 nitrogen and oxygen atoms in total. The number of nitrogens with two attached hydrogens (primary N) is 1. The molecule has 0 unspecified atom stereocenters. The van der Waals surface area contributed by atoms with E-state index in [1.807, 2.05) is 0 Å². The Bertz CT molecular complexity index is 554. The zero-order valence-electron chi connectivity index (χ0n) is 12.1. The maximum Gasteiger partial charge on any atom is 0.283 e. The van der Waals surface area contributed by atoms with E-state index in [9.17, 15) is 14.4 Å². The summed E-state index contributed by atoms with van der Waals surface area (Å²) >= 11 is 6.45. The van der Waals surface area contributed by atoms with Crippen LogP contribution in [-0.2, 0) is 4.79 Å². The maximum atomic E-state index is 12.1. The standard InChI is InChI=1S/C14H18ClN3O3S/c1-9(12(16)19)18-13(20)10-5-2-3-6-11(10)22-14(21)17-8-4-7-15/h2-3,5-6,9H,4,7-8H2,1H3,(H2,16,19)(H,17,21)(H,18,20)/t9-/m1/s1. The number of hydrogen-bond acceptors (Lipinski definition) is 4. The summed E-state index contributed by atoms with van der Waals surface area (Å²) in [5, 5.41) is 4.91. The number of carbonyl (C=O) groups excluding carboxylic acids is 3. The van der Waals surface area contributed by atoms with E-state index in [1.54, 1.807) is 24.3 Å². The lowest BCUT2D eigenvalue weighted by molar-refractivity contribution is -0.119. The van der Waals surface area contributed by atoms with Gasteiger partial charge in [0.1, 0.15) is 6.04 Å². The van der Waals surface area contributed by atoms with Crippen molar-refractivity contribution in [1.29, 1.82) is 0 Å². The lowest BCUT2D eigenvalue weighted by Gasteiger charge is -2.12. The third kappa shape index (κ3) is 5.95. The molecule has 1 rings (SSSR count). The fraction of sp³-hybridized carbons (Fsp3) is 0.357. The predicted molar refractivity (Wildman–Crippen MR) is 87.2 cm³/mol. The summed E-state index contributed by atoms with van der Waals surface area (Å²) < 4.78 is 0. The van der Waals surface area contributed by atoms with Crippen molar-refractivity contribution < 1.29 is 14.4 Å². The third-order valence-electron chi connectivity index (χ3n) is 2.69. The molecule has 0 bridgehead atoms. The molecule has 22 heavy (non-hydrogen) atoms. The summed E-state index contributed by atoms with van der Waals surface area (Å²) in [6.45, 7) is 1.97. The average Bonchev–Trinajstić information content (AvgIpc) is 2.47. The van der Waals surface area contributed by atoms with Crippen molar-refractivity contribution in [3.05, 3.63) is 29.8 Å². The van der Waals surface area contributed by atoms with Gasteiger partial charge in [-0.2, -0.15) is 0 Å². The minimum atomic E-state index is -0.789. The first-order valence-electron chi connectivity index (χ1n) is 6.66. The number of thioether (sulfide) groups is 1. The summed E-state index contributed by atoms with van der Waals surface area (Å²) in [5.74, 6) is -0.616. The molecule has 0 aromatic heterocycles. The minimum absolute atomic E-state index is 0.270. The lowest BCUT2D eigenvalue weighted by atomic mass is 10.2. The molecule has 1 aromatic carbocycles. The van der Waals surface area contributed by atoms with Crippen LogP contribution in [0.3, 0.4) is 0 Å². The highest BCUT2D eigenvalue weighted by molar-refractivity contribution is 8.13. The molecule has 1 atom stereocenters. The summed E-state index contributed by atoms with van der Waals surface area (Å²) in [4.78, 5) is 35.4. The van der Waals surface area contributed by atoms with E-state index in [-0.39, 0.29) is 5.24 Å². The molecule has 0 aliphatic carbocycles. The first-order valence-corrected chi connectivity index (χ1v) is 8.01. The molecule has 0 fully saturated rings. The van der Waals surface area contributed by atoms with Gasteiger partial charge in [-0.05, 0) is 37.2 Å². The van der Waals surface area contributed by atoms with Crippen LogP contribution in [-0.4, -0.2) is 35.5 Å². The van der Waals surface area contributed by atoms with Gasteiger partial charge in [0.15, 0.2) is 0 Å². The van der Waals surface area contributed by atoms with E-state index < -0.39 is 17.9 Å². The first kappa shape index (κ1) is 18.3. The number of carbonyl (C=O) groups is 3. The van der Waals surface area contributed by atoms with Gasteiger partial charge < -0.3 is 16.4 Å². The SMILES string of the molecule is C[C@@H](NC(=O)c1ccccc1SC(=O)NCCCCl)C(N)=O. The van der Waals surface area contributed by atoms with Crippen LogP contribution in [0.5, 0.6) is 0 Å². The fourth-order valence-corrected chi connectivity index (χ4v) is 2.41. The molecule has 0 aliphatic rings. The number of halogens is 1. The van der Waals surface area contributed by atoms with E-state index >= 15 is 0 Å². The Balaban J connectivity index is 2.74. The Hall–Kier alpha value is -1.73. The van der Waals surface area contributed by atoms with Crippen LogP contribution >= 0.6 is 23.4 Å². The van der Waals surface area contributed by atoms with Crippen LogP contribution in [0.15, 0.2) is 29.2 Å². The summed E-state index contributed by atoms with van der Waals surface area (Å²) in [6.07, 6.45) is 0.673. The van der Waals surface area contributed by atoms with Crippen LogP contribution in [0.4, 0.5) is 4.79 Å². The monoisotopic (exact) mass is 343 g/mol. The molecular weight excluding hydrogens is 326 g/mol. The van der Waals surface area contributed by atoms with Crippen molar-refractivity contribution >= 4 is 40.4 Å². The van der Waals surface area contributed by atoms with E-state index in [2.05, 4.69) is 10.6 Å². The number of primary amides is 1. The Morgan fingerprint density at radius 3 is 2.64 bits per heavy atom. The van der Waals surface area contributed by atoms with Crippen LogP contribution < -0.4 is 16.4 Å². The maximum absolute atomic E-state index is 12.1.